The summed E-state index contributed by atoms with van der Waals surface area (Å²) >= 11 is 5.35. The molecule has 2 amide bonds. The largest absolute Gasteiger partial charge is 0.461 e. The fourth-order valence-corrected chi connectivity index (χ4v) is 10.5. The van der Waals surface area contributed by atoms with Gasteiger partial charge in [0, 0.05) is 22.2 Å². The van der Waals surface area contributed by atoms with Crippen LogP contribution in [0.15, 0.2) is 25.3 Å². The van der Waals surface area contributed by atoms with E-state index < -0.39 is 40.2 Å². The number of hydrogen-bond donors (Lipinski definition) is 1. The van der Waals surface area contributed by atoms with Gasteiger partial charge in [-0.1, -0.05) is 62.4 Å². The molecule has 3 aliphatic rings. The van der Waals surface area contributed by atoms with Crippen LogP contribution in [0.1, 0.15) is 60.8 Å². The lowest BCUT2D eigenvalue weighted by atomic mass is 9.70. The molecule has 1 N–H and O–H groups in total. The van der Waals surface area contributed by atoms with Gasteiger partial charge in [0.05, 0.1) is 29.2 Å². The highest BCUT2D eigenvalue weighted by atomic mass is 79.9. The third-order valence-corrected chi connectivity index (χ3v) is 11.1. The van der Waals surface area contributed by atoms with Gasteiger partial charge in [-0.15, -0.1) is 18.3 Å². The number of carbonyl (C=O) groups is 3. The van der Waals surface area contributed by atoms with Gasteiger partial charge in [-0.3, -0.25) is 14.4 Å². The highest BCUT2D eigenvalue weighted by molar-refractivity contribution is 9.09. The van der Waals surface area contributed by atoms with Gasteiger partial charge >= 0.3 is 5.97 Å². The molecule has 3 saturated heterocycles. The molecule has 3 fully saturated rings. The van der Waals surface area contributed by atoms with Crippen LogP contribution in [0.25, 0.3) is 0 Å². The standard InChI is InChI=1S/C28H43BrN2O5S/c1-9-12-30(27(7,8)16-26(4,5)6)24(34)22-28-14-18(29)21(37-28)19(25(35)36-13-10-2)20(28)23(33)31(22)17(11-3)15-32/h9-10,17-22,32H,1-2,11-16H2,3-8H3/t17-,18?,19+,20-,21+,22?,28?/m0/s1. The molecular weight excluding hydrogens is 556 g/mol. The van der Waals surface area contributed by atoms with E-state index in [1.165, 1.54) is 6.08 Å². The van der Waals surface area contributed by atoms with Gasteiger partial charge in [0.25, 0.3) is 0 Å². The minimum Gasteiger partial charge on any atom is -0.461 e. The zero-order valence-electron chi connectivity index (χ0n) is 23.0. The van der Waals surface area contributed by atoms with E-state index in [2.05, 4.69) is 63.7 Å². The van der Waals surface area contributed by atoms with Crippen molar-refractivity contribution in [2.45, 2.75) is 93.3 Å². The molecule has 7 nitrogen and oxygen atoms in total. The van der Waals surface area contributed by atoms with Crippen LogP contribution in [0, 0.1) is 17.3 Å². The van der Waals surface area contributed by atoms with Crippen LogP contribution in [0.3, 0.4) is 0 Å². The van der Waals surface area contributed by atoms with Gasteiger partial charge < -0.3 is 19.6 Å². The third kappa shape index (κ3) is 5.29. The van der Waals surface area contributed by atoms with Crippen molar-refractivity contribution in [1.29, 1.82) is 0 Å². The molecule has 0 aromatic rings. The summed E-state index contributed by atoms with van der Waals surface area (Å²) in [6, 6.07) is -1.32. The summed E-state index contributed by atoms with van der Waals surface area (Å²) in [5, 5.41) is 10.1. The number of amides is 2. The van der Waals surface area contributed by atoms with Crippen LogP contribution in [0.2, 0.25) is 0 Å². The van der Waals surface area contributed by atoms with Crippen molar-refractivity contribution in [3.8, 4) is 0 Å². The lowest BCUT2D eigenvalue weighted by Crippen LogP contribution is -2.61. The summed E-state index contributed by atoms with van der Waals surface area (Å²) in [5.41, 5.74) is -0.543. The Labute approximate surface area is 234 Å². The molecule has 7 atom stereocenters. The Morgan fingerprint density at radius 2 is 1.95 bits per heavy atom. The molecule has 0 radical (unpaired) electrons. The molecule has 37 heavy (non-hydrogen) atoms. The van der Waals surface area contributed by atoms with E-state index in [1.54, 1.807) is 22.7 Å². The molecule has 3 unspecified atom stereocenters. The maximum atomic E-state index is 14.7. The average molecular weight is 600 g/mol. The number of esters is 1. The molecule has 3 aliphatic heterocycles. The number of rotatable bonds is 11. The SMILES string of the molecule is C=CCOC(=O)[C@H]1[C@@H]2SC3(CC2Br)C(C(=O)N(CC=C)C(C)(C)CC(C)(C)C)N([C@@H](CC)CO)C(=O)[C@H]13. The second kappa shape index (κ2) is 11.0. The van der Waals surface area contributed by atoms with Gasteiger partial charge in [0.2, 0.25) is 11.8 Å². The number of nitrogens with zero attached hydrogens (tertiary/aromatic N) is 2. The summed E-state index contributed by atoms with van der Waals surface area (Å²) in [7, 11) is 0. The first-order chi connectivity index (χ1) is 17.2. The maximum absolute atomic E-state index is 14.7. The predicted molar refractivity (Wildman–Crippen MR) is 151 cm³/mol. The summed E-state index contributed by atoms with van der Waals surface area (Å²) in [6.45, 7) is 20.2. The first-order valence-electron chi connectivity index (χ1n) is 13.2. The van der Waals surface area contributed by atoms with Crippen LogP contribution in [0.5, 0.6) is 0 Å². The molecule has 2 bridgehead atoms. The number of fused-ring (bicyclic) bond motifs is 1. The summed E-state index contributed by atoms with van der Waals surface area (Å²) in [5.74, 6) is -2.16. The van der Waals surface area contributed by atoms with Crippen LogP contribution in [-0.4, -0.2) is 84.9 Å². The number of halogens is 1. The van der Waals surface area contributed by atoms with Crippen LogP contribution < -0.4 is 0 Å². The van der Waals surface area contributed by atoms with Gasteiger partial charge in [0.15, 0.2) is 0 Å². The van der Waals surface area contributed by atoms with Crippen molar-refractivity contribution < 1.29 is 24.2 Å². The van der Waals surface area contributed by atoms with Crippen molar-refractivity contribution in [3.63, 3.8) is 0 Å². The van der Waals surface area contributed by atoms with Crippen molar-refractivity contribution >= 4 is 45.5 Å². The fraction of sp³-hybridized carbons (Fsp3) is 0.750. The molecule has 0 aromatic carbocycles. The van der Waals surface area contributed by atoms with Gasteiger partial charge in [0.1, 0.15) is 12.6 Å². The Morgan fingerprint density at radius 3 is 2.46 bits per heavy atom. The number of likely N-dealkylation sites (tertiary alicyclic amines) is 1. The number of thioether (sulfide) groups is 1. The molecule has 3 heterocycles. The first kappa shape index (κ1) is 30.2. The molecular formula is C28H43BrN2O5S. The topological polar surface area (TPSA) is 87.2 Å². The van der Waals surface area contributed by atoms with Gasteiger partial charge in [-0.25, -0.2) is 0 Å². The van der Waals surface area contributed by atoms with Crippen LogP contribution in [0.4, 0.5) is 0 Å². The van der Waals surface area contributed by atoms with E-state index in [0.29, 0.717) is 19.4 Å². The molecule has 0 aromatic heterocycles. The maximum Gasteiger partial charge on any atom is 0.311 e. The predicted octanol–water partition coefficient (Wildman–Crippen LogP) is 4.18. The highest BCUT2D eigenvalue weighted by Crippen LogP contribution is 2.68. The van der Waals surface area contributed by atoms with Crippen molar-refractivity contribution in [3.05, 3.63) is 25.3 Å². The molecule has 9 heteroatoms. The van der Waals surface area contributed by atoms with E-state index >= 15 is 0 Å². The van der Waals surface area contributed by atoms with E-state index in [1.807, 2.05) is 11.8 Å². The zero-order valence-corrected chi connectivity index (χ0v) is 25.4. The summed E-state index contributed by atoms with van der Waals surface area (Å²) in [4.78, 5) is 45.5. The third-order valence-electron chi connectivity index (χ3n) is 7.92. The number of aliphatic hydroxyl groups excluding tert-OH is 1. The number of ether oxygens (including phenoxy) is 1. The molecule has 0 aliphatic carbocycles. The van der Waals surface area contributed by atoms with Crippen LogP contribution in [-0.2, 0) is 19.1 Å². The quantitative estimate of drug-likeness (QED) is 0.218. The van der Waals surface area contributed by atoms with Gasteiger partial charge in [-0.2, -0.15) is 0 Å². The number of alkyl halides is 1. The number of hydrogen-bond acceptors (Lipinski definition) is 6. The minimum atomic E-state index is -0.798. The Kier molecular flexibility index (Phi) is 9.02. The van der Waals surface area contributed by atoms with Gasteiger partial charge in [-0.05, 0) is 38.5 Å². The minimum absolute atomic E-state index is 0.0339. The smallest absolute Gasteiger partial charge is 0.311 e. The Morgan fingerprint density at radius 1 is 1.30 bits per heavy atom. The Bertz CT molecular complexity index is 930. The zero-order chi connectivity index (χ0) is 27.9. The molecule has 208 valence electrons. The summed E-state index contributed by atoms with van der Waals surface area (Å²) in [6.07, 6.45) is 5.07. The molecule has 0 saturated carbocycles. The first-order valence-corrected chi connectivity index (χ1v) is 14.9. The molecule has 1 spiro atoms. The highest BCUT2D eigenvalue weighted by Gasteiger charge is 2.76. The van der Waals surface area contributed by atoms with E-state index in [4.69, 9.17) is 4.74 Å². The summed E-state index contributed by atoms with van der Waals surface area (Å²) < 4.78 is 4.66. The van der Waals surface area contributed by atoms with E-state index in [0.717, 1.165) is 6.42 Å². The molecule has 3 rings (SSSR count). The lowest BCUT2D eigenvalue weighted by molar-refractivity contribution is -0.153. The number of carbonyl (C=O) groups excluding carboxylic acids is 3. The normalized spacial score (nSPS) is 31.7. The Hall–Kier alpha value is -1.32. The fourth-order valence-electron chi connectivity index (χ4n) is 6.97. The lowest BCUT2D eigenvalue weighted by Gasteiger charge is -2.46. The van der Waals surface area contributed by atoms with Crippen molar-refractivity contribution in [2.24, 2.45) is 17.3 Å². The second-order valence-corrected chi connectivity index (χ2v) is 15.1. The van der Waals surface area contributed by atoms with Crippen molar-refractivity contribution in [1.82, 2.24) is 9.80 Å². The monoisotopic (exact) mass is 598 g/mol. The number of aliphatic hydroxyl groups is 1. The second-order valence-electron chi connectivity index (χ2n) is 12.4. The average Bonchev–Trinajstić information content (AvgIpc) is 3.38. The van der Waals surface area contributed by atoms with E-state index in [-0.39, 0.29) is 40.5 Å². The van der Waals surface area contributed by atoms with E-state index in [9.17, 15) is 19.5 Å². The Balaban J connectivity index is 2.14. The van der Waals surface area contributed by atoms with Crippen molar-refractivity contribution in [2.75, 3.05) is 19.8 Å². The van der Waals surface area contributed by atoms with Crippen LogP contribution >= 0.6 is 27.7 Å².